The Labute approximate surface area is 239 Å². The van der Waals surface area contributed by atoms with Crippen LogP contribution in [-0.2, 0) is 22.4 Å². The molecule has 2 unspecified atom stereocenters. The van der Waals surface area contributed by atoms with Crippen LogP contribution in [0.5, 0.6) is 0 Å². The number of carbonyl (C=O) groups is 2. The van der Waals surface area contributed by atoms with Gasteiger partial charge in [0, 0.05) is 34.3 Å². The summed E-state index contributed by atoms with van der Waals surface area (Å²) in [7, 11) is 0. The van der Waals surface area contributed by atoms with E-state index < -0.39 is 24.6 Å². The lowest BCUT2D eigenvalue weighted by Crippen LogP contribution is -2.45. The number of thiophene rings is 1. The molecule has 1 aliphatic carbocycles. The molecule has 210 valence electrons. The Morgan fingerprint density at radius 2 is 1.92 bits per heavy atom. The summed E-state index contributed by atoms with van der Waals surface area (Å²) in [5, 5.41) is 23.2. The van der Waals surface area contributed by atoms with E-state index in [4.69, 9.17) is 27.9 Å². The Bertz CT molecular complexity index is 1110. The first-order chi connectivity index (χ1) is 18.1. The highest BCUT2D eigenvalue weighted by atomic mass is 35.5. The summed E-state index contributed by atoms with van der Waals surface area (Å²) in [6, 6.07) is 6.02. The van der Waals surface area contributed by atoms with Gasteiger partial charge in [-0.15, -0.1) is 22.9 Å². The number of aryl methyl sites for hydroxylation is 3. The standard InChI is InChI=1S/C29H39Cl2NO5S/c1-4-5-25-23(13-26(38-25)28(36)37-17-29(15-33,16-34)14-32-19(3)35)27-21(10-18(2)11-24(27)31)8-6-20-7-9-22(30)12-20/h10-11,13,20,22,33-34H,4-9,12,14-17H2,1-3H3,(H,32,35). The molecule has 1 saturated carbocycles. The van der Waals surface area contributed by atoms with Crippen molar-refractivity contribution in [3.05, 3.63) is 44.1 Å². The predicted molar refractivity (Wildman–Crippen MR) is 154 cm³/mol. The van der Waals surface area contributed by atoms with Gasteiger partial charge >= 0.3 is 5.97 Å². The number of amides is 1. The smallest absolute Gasteiger partial charge is 0.348 e. The highest BCUT2D eigenvalue weighted by Gasteiger charge is 2.32. The summed E-state index contributed by atoms with van der Waals surface area (Å²) in [5.41, 5.74) is 3.05. The Kier molecular flexibility index (Phi) is 11.5. The fraction of sp³-hybridized carbons (Fsp3) is 0.586. The molecule has 0 bridgehead atoms. The molecule has 1 heterocycles. The Morgan fingerprint density at radius 3 is 2.53 bits per heavy atom. The van der Waals surface area contributed by atoms with E-state index in [9.17, 15) is 19.8 Å². The topological polar surface area (TPSA) is 95.9 Å². The molecule has 1 aromatic carbocycles. The third-order valence-electron chi connectivity index (χ3n) is 7.26. The molecule has 1 aromatic heterocycles. The van der Waals surface area contributed by atoms with Crippen molar-refractivity contribution in [3.8, 4) is 11.1 Å². The van der Waals surface area contributed by atoms with Gasteiger partial charge in [0.05, 0.1) is 18.6 Å². The van der Waals surface area contributed by atoms with E-state index in [2.05, 4.69) is 18.3 Å². The average molecular weight is 585 g/mol. The van der Waals surface area contributed by atoms with Gasteiger partial charge in [-0.3, -0.25) is 4.79 Å². The van der Waals surface area contributed by atoms with E-state index in [0.29, 0.717) is 15.8 Å². The highest BCUT2D eigenvalue weighted by molar-refractivity contribution is 7.14. The number of aliphatic hydroxyl groups excluding tert-OH is 2. The van der Waals surface area contributed by atoms with E-state index in [0.717, 1.165) is 66.5 Å². The van der Waals surface area contributed by atoms with Gasteiger partial charge in [0.15, 0.2) is 0 Å². The molecule has 2 atom stereocenters. The second-order valence-electron chi connectivity index (χ2n) is 10.6. The number of benzene rings is 1. The number of hydrogen-bond donors (Lipinski definition) is 3. The van der Waals surface area contributed by atoms with Gasteiger partial charge in [-0.25, -0.2) is 4.79 Å². The van der Waals surface area contributed by atoms with Gasteiger partial charge in [-0.2, -0.15) is 0 Å². The molecule has 0 aliphatic heterocycles. The minimum Gasteiger partial charge on any atom is -0.461 e. The summed E-state index contributed by atoms with van der Waals surface area (Å²) in [6.07, 6.45) is 6.94. The number of ether oxygens (including phenoxy) is 1. The zero-order valence-corrected chi connectivity index (χ0v) is 24.8. The maximum atomic E-state index is 13.1. The van der Waals surface area contributed by atoms with Crippen LogP contribution in [0.4, 0.5) is 0 Å². The SMILES string of the molecule is CCCc1sc(C(=O)OCC(CO)(CO)CNC(C)=O)cc1-c1c(Cl)cc(C)cc1CCC1CCC(Cl)C1. The second kappa shape index (κ2) is 14.1. The lowest BCUT2D eigenvalue weighted by molar-refractivity contribution is -0.120. The van der Waals surface area contributed by atoms with Crippen LogP contribution in [0.15, 0.2) is 18.2 Å². The minimum atomic E-state index is -1.16. The molecule has 38 heavy (non-hydrogen) atoms. The Hall–Kier alpha value is -1.64. The average Bonchev–Trinajstić information content (AvgIpc) is 3.49. The summed E-state index contributed by atoms with van der Waals surface area (Å²) >= 11 is 14.6. The fourth-order valence-corrected chi connectivity index (χ4v) is 6.94. The van der Waals surface area contributed by atoms with Crippen LogP contribution >= 0.6 is 34.5 Å². The van der Waals surface area contributed by atoms with Gasteiger partial charge in [-0.1, -0.05) is 31.0 Å². The zero-order valence-electron chi connectivity index (χ0n) is 22.4. The zero-order chi connectivity index (χ0) is 27.9. The number of nitrogens with one attached hydrogen (secondary N) is 1. The molecular weight excluding hydrogens is 545 g/mol. The van der Waals surface area contributed by atoms with Crippen molar-refractivity contribution < 1.29 is 24.5 Å². The largest absolute Gasteiger partial charge is 0.461 e. The first kappa shape index (κ1) is 30.9. The summed E-state index contributed by atoms with van der Waals surface area (Å²) in [5.74, 6) is -0.212. The van der Waals surface area contributed by atoms with Crippen molar-refractivity contribution in [2.45, 2.75) is 71.1 Å². The van der Waals surface area contributed by atoms with Crippen molar-refractivity contribution >= 4 is 46.4 Å². The van der Waals surface area contributed by atoms with Crippen molar-refractivity contribution in [2.24, 2.45) is 11.3 Å². The maximum absolute atomic E-state index is 13.1. The maximum Gasteiger partial charge on any atom is 0.348 e. The lowest BCUT2D eigenvalue weighted by Gasteiger charge is -2.29. The van der Waals surface area contributed by atoms with Gasteiger partial charge in [0.1, 0.15) is 11.5 Å². The number of aliphatic hydroxyl groups is 2. The quantitative estimate of drug-likeness (QED) is 0.200. The van der Waals surface area contributed by atoms with Crippen molar-refractivity contribution in [2.75, 3.05) is 26.4 Å². The molecule has 1 fully saturated rings. The molecule has 3 rings (SSSR count). The van der Waals surface area contributed by atoms with Gasteiger partial charge in [0.2, 0.25) is 5.91 Å². The third kappa shape index (κ3) is 7.95. The highest BCUT2D eigenvalue weighted by Crippen LogP contribution is 2.41. The number of esters is 1. The van der Waals surface area contributed by atoms with Crippen LogP contribution in [0.1, 0.15) is 71.6 Å². The number of hydrogen-bond acceptors (Lipinski definition) is 6. The number of alkyl halides is 1. The summed E-state index contributed by atoms with van der Waals surface area (Å²) in [6.45, 7) is 4.37. The van der Waals surface area contributed by atoms with E-state index >= 15 is 0 Å². The van der Waals surface area contributed by atoms with E-state index in [-0.39, 0.29) is 24.4 Å². The molecule has 0 radical (unpaired) electrons. The van der Waals surface area contributed by atoms with E-state index in [1.165, 1.54) is 23.8 Å². The van der Waals surface area contributed by atoms with Crippen LogP contribution in [0.25, 0.3) is 11.1 Å². The van der Waals surface area contributed by atoms with Crippen molar-refractivity contribution in [1.82, 2.24) is 5.32 Å². The molecule has 0 spiro atoms. The van der Waals surface area contributed by atoms with Crippen LogP contribution in [0.3, 0.4) is 0 Å². The molecule has 1 amide bonds. The van der Waals surface area contributed by atoms with Crippen molar-refractivity contribution in [3.63, 3.8) is 0 Å². The third-order valence-corrected chi connectivity index (χ3v) is 9.13. The van der Waals surface area contributed by atoms with Gasteiger partial charge < -0.3 is 20.3 Å². The van der Waals surface area contributed by atoms with Gasteiger partial charge in [-0.05, 0) is 80.2 Å². The Balaban J connectivity index is 1.87. The first-order valence-electron chi connectivity index (χ1n) is 13.3. The van der Waals surface area contributed by atoms with Crippen LogP contribution in [0.2, 0.25) is 5.02 Å². The predicted octanol–water partition coefficient (Wildman–Crippen LogP) is 5.93. The molecular formula is C29H39Cl2NO5S. The van der Waals surface area contributed by atoms with Crippen LogP contribution < -0.4 is 5.32 Å². The number of carbonyl (C=O) groups excluding carboxylic acids is 2. The summed E-state index contributed by atoms with van der Waals surface area (Å²) in [4.78, 5) is 26.0. The monoisotopic (exact) mass is 583 g/mol. The number of halogens is 2. The van der Waals surface area contributed by atoms with E-state index in [1.54, 1.807) is 0 Å². The second-order valence-corrected chi connectivity index (χ2v) is 12.8. The molecule has 0 saturated heterocycles. The molecule has 1 aliphatic rings. The van der Waals surface area contributed by atoms with Crippen LogP contribution in [0, 0.1) is 18.3 Å². The van der Waals surface area contributed by atoms with Gasteiger partial charge in [0.25, 0.3) is 0 Å². The fourth-order valence-electron chi connectivity index (χ4n) is 5.01. The first-order valence-corrected chi connectivity index (χ1v) is 14.9. The minimum absolute atomic E-state index is 0.00676. The normalized spacial score (nSPS) is 17.6. The molecule has 2 aromatic rings. The molecule has 3 N–H and O–H groups in total. The molecule has 9 heteroatoms. The lowest BCUT2D eigenvalue weighted by atomic mass is 9.91. The Morgan fingerprint density at radius 1 is 1.18 bits per heavy atom. The van der Waals surface area contributed by atoms with Crippen LogP contribution in [-0.4, -0.2) is 53.8 Å². The molecule has 6 nitrogen and oxygen atoms in total. The summed E-state index contributed by atoms with van der Waals surface area (Å²) < 4.78 is 5.55. The van der Waals surface area contributed by atoms with Crippen molar-refractivity contribution in [1.29, 1.82) is 0 Å². The number of rotatable bonds is 13. The van der Waals surface area contributed by atoms with E-state index in [1.807, 2.05) is 19.1 Å².